The van der Waals surface area contributed by atoms with Gasteiger partial charge >= 0.3 is 5.97 Å². The molecular weight excluding hydrogens is 218 g/mol. The van der Waals surface area contributed by atoms with Gasteiger partial charge in [-0.15, -0.1) is 0 Å². The summed E-state index contributed by atoms with van der Waals surface area (Å²) in [4.78, 5) is 11.1. The molecule has 0 radical (unpaired) electrons. The molecule has 1 aromatic carbocycles. The van der Waals surface area contributed by atoms with Gasteiger partial charge in [-0.1, -0.05) is 18.6 Å². The van der Waals surface area contributed by atoms with Crippen LogP contribution in [0.2, 0.25) is 0 Å². The average Bonchev–Trinajstić information content (AvgIpc) is 2.29. The lowest BCUT2D eigenvalue weighted by Crippen LogP contribution is -2.27. The number of nitrogens with one attached hydrogen (secondary N) is 1. The number of carboxylic acids is 1. The third-order valence-electron chi connectivity index (χ3n) is 2.93. The third-order valence-corrected chi connectivity index (χ3v) is 2.93. The minimum absolute atomic E-state index is 0.0146. The van der Waals surface area contributed by atoms with Crippen molar-refractivity contribution < 1.29 is 15.0 Å². The van der Waals surface area contributed by atoms with E-state index in [1.807, 2.05) is 26.8 Å². The number of rotatable bonds is 5. The first-order valence-corrected chi connectivity index (χ1v) is 5.67. The van der Waals surface area contributed by atoms with Crippen molar-refractivity contribution in [3.8, 4) is 0 Å². The number of aryl methyl sites for hydroxylation is 1. The van der Waals surface area contributed by atoms with E-state index < -0.39 is 5.97 Å². The predicted molar refractivity (Wildman–Crippen MR) is 67.5 cm³/mol. The molecule has 4 nitrogen and oxygen atoms in total. The van der Waals surface area contributed by atoms with Crippen LogP contribution >= 0.6 is 0 Å². The van der Waals surface area contributed by atoms with E-state index in [1.165, 1.54) is 0 Å². The maximum absolute atomic E-state index is 11.1. The zero-order valence-electron chi connectivity index (χ0n) is 10.4. The molecule has 0 fully saturated rings. The van der Waals surface area contributed by atoms with Gasteiger partial charge in [0, 0.05) is 18.3 Å². The van der Waals surface area contributed by atoms with Crippen molar-refractivity contribution in [2.75, 3.05) is 11.9 Å². The summed E-state index contributed by atoms with van der Waals surface area (Å²) in [5.74, 6) is -0.877. The second kappa shape index (κ2) is 5.68. The second-order valence-electron chi connectivity index (χ2n) is 4.45. The summed E-state index contributed by atoms with van der Waals surface area (Å²) in [6.07, 6.45) is 0. The minimum Gasteiger partial charge on any atom is -0.478 e. The Morgan fingerprint density at radius 3 is 2.59 bits per heavy atom. The highest BCUT2D eigenvalue weighted by Gasteiger charge is 2.15. The molecule has 0 heterocycles. The number of benzene rings is 1. The van der Waals surface area contributed by atoms with Crippen LogP contribution in [0.1, 0.15) is 29.8 Å². The van der Waals surface area contributed by atoms with Crippen LogP contribution in [0.5, 0.6) is 0 Å². The summed E-state index contributed by atoms with van der Waals surface area (Å²) in [6, 6.07) is 5.28. The van der Waals surface area contributed by atoms with Crippen LogP contribution in [0.15, 0.2) is 18.2 Å². The van der Waals surface area contributed by atoms with Crippen LogP contribution < -0.4 is 5.32 Å². The summed E-state index contributed by atoms with van der Waals surface area (Å²) in [5.41, 5.74) is 1.77. The van der Waals surface area contributed by atoms with Crippen LogP contribution in [0.3, 0.4) is 0 Å². The van der Waals surface area contributed by atoms with E-state index in [9.17, 15) is 4.79 Å². The fraction of sp³-hybridized carbons (Fsp3) is 0.462. The van der Waals surface area contributed by atoms with Crippen molar-refractivity contribution in [2.24, 2.45) is 5.92 Å². The highest BCUT2D eigenvalue weighted by molar-refractivity contribution is 5.94. The molecule has 0 aliphatic heterocycles. The first kappa shape index (κ1) is 13.5. The predicted octanol–water partition coefficient (Wildman–Crippen LogP) is 2.12. The average molecular weight is 237 g/mol. The largest absolute Gasteiger partial charge is 0.478 e. The Morgan fingerprint density at radius 1 is 1.41 bits per heavy atom. The standard InChI is InChI=1S/C13H19NO3/c1-8-4-5-12(11(6-8)13(16)17)14-10(3)9(2)7-15/h4-6,9-10,14-15H,7H2,1-3H3,(H,16,17). The molecule has 0 amide bonds. The van der Waals surface area contributed by atoms with E-state index >= 15 is 0 Å². The molecule has 94 valence electrons. The topological polar surface area (TPSA) is 69.6 Å². The van der Waals surface area contributed by atoms with Gasteiger partial charge in [-0.2, -0.15) is 0 Å². The maximum atomic E-state index is 11.1. The van der Waals surface area contributed by atoms with Crippen LogP contribution in [-0.2, 0) is 0 Å². The molecule has 0 spiro atoms. The molecule has 0 bridgehead atoms. The molecule has 1 rings (SSSR count). The van der Waals surface area contributed by atoms with Gasteiger partial charge in [-0.05, 0) is 31.9 Å². The smallest absolute Gasteiger partial charge is 0.337 e. The molecule has 2 atom stereocenters. The molecule has 2 unspecified atom stereocenters. The number of carboxylic acid groups (broad SMARTS) is 1. The van der Waals surface area contributed by atoms with Gasteiger partial charge in [-0.25, -0.2) is 4.79 Å². The molecule has 0 aliphatic carbocycles. The number of anilines is 1. The van der Waals surface area contributed by atoms with Gasteiger partial charge in [-0.3, -0.25) is 0 Å². The highest BCUT2D eigenvalue weighted by Crippen LogP contribution is 2.20. The lowest BCUT2D eigenvalue weighted by atomic mass is 10.0. The number of aliphatic hydroxyl groups is 1. The maximum Gasteiger partial charge on any atom is 0.337 e. The number of hydrogen-bond acceptors (Lipinski definition) is 3. The van der Waals surface area contributed by atoms with E-state index in [0.29, 0.717) is 5.69 Å². The van der Waals surface area contributed by atoms with Crippen LogP contribution in [0.4, 0.5) is 5.69 Å². The fourth-order valence-electron chi connectivity index (χ4n) is 1.51. The molecule has 17 heavy (non-hydrogen) atoms. The number of aliphatic hydroxyl groups excluding tert-OH is 1. The number of carbonyl (C=O) groups is 1. The Bertz CT molecular complexity index is 404. The number of hydrogen-bond donors (Lipinski definition) is 3. The molecule has 0 aliphatic rings. The molecule has 0 saturated heterocycles. The van der Waals surface area contributed by atoms with Gasteiger partial charge in [0.1, 0.15) is 0 Å². The molecule has 0 aromatic heterocycles. The lowest BCUT2D eigenvalue weighted by molar-refractivity contribution is 0.0697. The van der Waals surface area contributed by atoms with Gasteiger partial charge in [0.2, 0.25) is 0 Å². The quantitative estimate of drug-likeness (QED) is 0.733. The zero-order valence-corrected chi connectivity index (χ0v) is 10.4. The minimum atomic E-state index is -0.944. The van der Waals surface area contributed by atoms with Crippen LogP contribution in [0, 0.1) is 12.8 Å². The van der Waals surface area contributed by atoms with E-state index in [1.54, 1.807) is 12.1 Å². The molecular formula is C13H19NO3. The van der Waals surface area contributed by atoms with Crippen LogP contribution in [0.25, 0.3) is 0 Å². The Labute approximate surface area is 101 Å². The molecule has 3 N–H and O–H groups in total. The second-order valence-corrected chi connectivity index (χ2v) is 4.45. The number of aromatic carboxylic acids is 1. The van der Waals surface area contributed by atoms with E-state index in [4.69, 9.17) is 10.2 Å². The Kier molecular flexibility index (Phi) is 4.52. The van der Waals surface area contributed by atoms with Crippen molar-refractivity contribution in [1.29, 1.82) is 0 Å². The van der Waals surface area contributed by atoms with Crippen molar-refractivity contribution in [1.82, 2.24) is 0 Å². The van der Waals surface area contributed by atoms with Crippen molar-refractivity contribution in [3.05, 3.63) is 29.3 Å². The monoisotopic (exact) mass is 237 g/mol. The highest BCUT2D eigenvalue weighted by atomic mass is 16.4. The fourth-order valence-corrected chi connectivity index (χ4v) is 1.51. The first-order valence-electron chi connectivity index (χ1n) is 5.67. The van der Waals surface area contributed by atoms with Crippen LogP contribution in [-0.4, -0.2) is 28.8 Å². The van der Waals surface area contributed by atoms with E-state index in [-0.39, 0.29) is 24.1 Å². The summed E-state index contributed by atoms with van der Waals surface area (Å²) < 4.78 is 0. The third kappa shape index (κ3) is 3.46. The van der Waals surface area contributed by atoms with Crippen molar-refractivity contribution in [3.63, 3.8) is 0 Å². The Morgan fingerprint density at radius 2 is 2.06 bits per heavy atom. The van der Waals surface area contributed by atoms with Gasteiger partial charge < -0.3 is 15.5 Å². The van der Waals surface area contributed by atoms with E-state index in [2.05, 4.69) is 5.32 Å². The summed E-state index contributed by atoms with van der Waals surface area (Å²) in [5, 5.41) is 21.3. The normalized spacial score (nSPS) is 14.1. The zero-order chi connectivity index (χ0) is 13.0. The Hall–Kier alpha value is -1.55. The van der Waals surface area contributed by atoms with Crippen molar-refractivity contribution >= 4 is 11.7 Å². The van der Waals surface area contributed by atoms with Crippen molar-refractivity contribution in [2.45, 2.75) is 26.8 Å². The molecule has 4 heteroatoms. The van der Waals surface area contributed by atoms with Gasteiger partial charge in [0.25, 0.3) is 0 Å². The molecule has 1 aromatic rings. The summed E-state index contributed by atoms with van der Waals surface area (Å²) >= 11 is 0. The van der Waals surface area contributed by atoms with Gasteiger partial charge in [0.15, 0.2) is 0 Å². The SMILES string of the molecule is Cc1ccc(NC(C)C(C)CO)c(C(=O)O)c1. The van der Waals surface area contributed by atoms with E-state index in [0.717, 1.165) is 5.56 Å². The lowest BCUT2D eigenvalue weighted by Gasteiger charge is -2.21. The summed E-state index contributed by atoms with van der Waals surface area (Å²) in [6.45, 7) is 5.76. The molecule has 0 saturated carbocycles. The first-order chi connectivity index (χ1) is 7.95. The van der Waals surface area contributed by atoms with Gasteiger partial charge in [0.05, 0.1) is 5.56 Å². The Balaban J connectivity index is 2.94. The summed E-state index contributed by atoms with van der Waals surface area (Å²) in [7, 11) is 0.